The van der Waals surface area contributed by atoms with E-state index in [2.05, 4.69) is 72.8 Å². The van der Waals surface area contributed by atoms with Crippen LogP contribution in [0.1, 0.15) is 15.9 Å². The lowest BCUT2D eigenvalue weighted by Gasteiger charge is -2.28. The van der Waals surface area contributed by atoms with Crippen molar-refractivity contribution in [2.45, 2.75) is 6.16 Å². The van der Waals surface area contributed by atoms with Crippen molar-refractivity contribution < 1.29 is 27.0 Å². The van der Waals surface area contributed by atoms with E-state index in [1.807, 2.05) is 18.2 Å². The summed E-state index contributed by atoms with van der Waals surface area (Å²) >= 11 is 0. The van der Waals surface area contributed by atoms with E-state index in [4.69, 9.17) is 4.74 Å². The second-order valence-electron chi connectivity index (χ2n) is 7.31. The molecule has 5 heteroatoms. The van der Waals surface area contributed by atoms with E-state index < -0.39 is 13.2 Å². The molecule has 3 nitrogen and oxygen atoms in total. The van der Waals surface area contributed by atoms with Gasteiger partial charge in [-0.25, -0.2) is 4.79 Å². The minimum atomic E-state index is -2.17. The number of benzene rings is 4. The highest BCUT2D eigenvalue weighted by Crippen LogP contribution is 2.58. The monoisotopic (exact) mass is 462 g/mol. The van der Waals surface area contributed by atoms with Gasteiger partial charge in [-0.2, -0.15) is 0 Å². The molecule has 0 saturated carbocycles. The Bertz CT molecular complexity index is 1070. The van der Waals surface area contributed by atoms with Gasteiger partial charge in [0.05, 0.1) is 12.7 Å². The van der Waals surface area contributed by atoms with Gasteiger partial charge in [-0.05, 0) is 54.6 Å². The van der Waals surface area contributed by atoms with Crippen molar-refractivity contribution in [2.75, 3.05) is 7.11 Å². The zero-order valence-electron chi connectivity index (χ0n) is 17.7. The molecule has 0 aliphatic heterocycles. The van der Waals surface area contributed by atoms with E-state index >= 15 is 0 Å². The lowest BCUT2D eigenvalue weighted by atomic mass is 10.1. The Morgan fingerprint density at radius 2 is 1.19 bits per heavy atom. The van der Waals surface area contributed by atoms with E-state index in [9.17, 15) is 9.90 Å². The second-order valence-corrected chi connectivity index (χ2v) is 10.8. The number of aromatic hydroxyl groups is 1. The van der Waals surface area contributed by atoms with Crippen molar-refractivity contribution in [2.24, 2.45) is 0 Å². The molecule has 0 atom stereocenters. The third kappa shape index (κ3) is 4.55. The number of phenolic OH excluding ortho intramolecular Hbond substituents is 1. The van der Waals surface area contributed by atoms with Gasteiger partial charge in [0.2, 0.25) is 0 Å². The summed E-state index contributed by atoms with van der Waals surface area (Å²) in [5, 5.41) is 14.4. The van der Waals surface area contributed by atoms with E-state index in [0.717, 1.165) is 5.56 Å². The fourth-order valence-corrected chi connectivity index (χ4v) is 8.23. The maximum atomic E-state index is 12.2. The van der Waals surface area contributed by atoms with Gasteiger partial charge in [-0.1, -0.05) is 54.6 Å². The van der Waals surface area contributed by atoms with Gasteiger partial charge in [0.25, 0.3) is 0 Å². The number of rotatable bonds is 6. The van der Waals surface area contributed by atoms with Crippen LogP contribution >= 0.6 is 7.26 Å². The van der Waals surface area contributed by atoms with Gasteiger partial charge in [0, 0.05) is 5.56 Å². The Hall–Kier alpha value is -3.13. The predicted octanol–water partition coefficient (Wildman–Crippen LogP) is 1.68. The molecule has 0 bridgehead atoms. The van der Waals surface area contributed by atoms with Gasteiger partial charge >= 0.3 is 5.97 Å². The van der Waals surface area contributed by atoms with E-state index in [-0.39, 0.29) is 18.2 Å². The topological polar surface area (TPSA) is 46.5 Å². The molecule has 0 aliphatic rings. The molecule has 1 N–H and O–H groups in total. The van der Waals surface area contributed by atoms with Gasteiger partial charge in [-0.3, -0.25) is 0 Å². The van der Waals surface area contributed by atoms with E-state index in [0.29, 0.717) is 11.7 Å². The normalized spacial score (nSPS) is 10.8. The predicted molar refractivity (Wildman–Crippen MR) is 128 cm³/mol. The van der Waals surface area contributed by atoms with Crippen LogP contribution < -0.4 is 28.3 Å². The number of halogens is 1. The molecule has 0 spiro atoms. The van der Waals surface area contributed by atoms with Gasteiger partial charge in [0.15, 0.2) is 0 Å². The molecule has 0 aliphatic carbocycles. The average Bonchev–Trinajstić information content (AvgIpc) is 2.85. The Morgan fingerprint density at radius 3 is 1.59 bits per heavy atom. The van der Waals surface area contributed by atoms with Crippen LogP contribution in [0.15, 0.2) is 109 Å². The summed E-state index contributed by atoms with van der Waals surface area (Å²) in [6, 6.07) is 36.3. The molecule has 4 aromatic rings. The van der Waals surface area contributed by atoms with E-state index in [1.54, 1.807) is 18.2 Å². The van der Waals surface area contributed by atoms with Crippen LogP contribution in [0.25, 0.3) is 0 Å². The Kier molecular flexibility index (Phi) is 7.69. The maximum Gasteiger partial charge on any atom is 0.337 e. The first-order valence-corrected chi connectivity index (χ1v) is 12.1. The smallest absolute Gasteiger partial charge is 0.337 e. The standard InChI is InChI=1S/C27H23O3P.ClH/c1-30-27(29)21-17-18-26(28)22(19-21)20-31(23-11-5-2-6-12-23,24-13-7-3-8-14-24)25-15-9-4-10-16-25;/h2-19H,20H2,1H3;1H. The van der Waals surface area contributed by atoms with Gasteiger partial charge in [0.1, 0.15) is 35.1 Å². The molecule has 0 aromatic heterocycles. The molecular weight excluding hydrogens is 439 g/mol. The number of esters is 1. The van der Waals surface area contributed by atoms with Crippen LogP contribution in [0, 0.1) is 0 Å². The molecule has 4 rings (SSSR count). The van der Waals surface area contributed by atoms with Crippen molar-refractivity contribution in [1.82, 2.24) is 0 Å². The van der Waals surface area contributed by atoms with Crippen LogP contribution in [-0.2, 0) is 10.9 Å². The van der Waals surface area contributed by atoms with Crippen LogP contribution in [-0.4, -0.2) is 18.2 Å². The zero-order valence-corrected chi connectivity index (χ0v) is 19.3. The minimum absolute atomic E-state index is 0. The number of hydrogen-bond acceptors (Lipinski definition) is 3. The van der Waals surface area contributed by atoms with Gasteiger partial charge in [-0.15, -0.1) is 0 Å². The largest absolute Gasteiger partial charge is 1.00 e. The highest BCUT2D eigenvalue weighted by Gasteiger charge is 2.46. The van der Waals surface area contributed by atoms with Crippen molar-refractivity contribution in [3.63, 3.8) is 0 Å². The molecule has 0 unspecified atom stereocenters. The summed E-state index contributed by atoms with van der Waals surface area (Å²) < 4.78 is 4.90. The summed E-state index contributed by atoms with van der Waals surface area (Å²) in [7, 11) is -0.808. The SMILES string of the molecule is COC(=O)c1ccc(O)c(C[P+](c2ccccc2)(c2ccccc2)c2ccccc2)c1.[Cl-]. The first-order chi connectivity index (χ1) is 15.1. The molecule has 32 heavy (non-hydrogen) atoms. The molecule has 0 heterocycles. The molecule has 0 amide bonds. The zero-order chi connectivity index (χ0) is 21.7. The third-order valence-electron chi connectivity index (χ3n) is 5.50. The summed E-state index contributed by atoms with van der Waals surface area (Å²) in [6.45, 7) is 0. The van der Waals surface area contributed by atoms with Gasteiger partial charge < -0.3 is 22.3 Å². The second kappa shape index (κ2) is 10.5. The molecule has 0 saturated heterocycles. The molecule has 0 radical (unpaired) electrons. The highest BCUT2D eigenvalue weighted by molar-refractivity contribution is 7.95. The fourth-order valence-electron chi connectivity index (χ4n) is 3.98. The third-order valence-corrected chi connectivity index (χ3v) is 9.85. The number of carbonyl (C=O) groups is 1. The summed E-state index contributed by atoms with van der Waals surface area (Å²) in [5.74, 6) is -0.232. The van der Waals surface area contributed by atoms with Crippen LogP contribution in [0.4, 0.5) is 0 Å². The molecular formula is C27H24ClO3P. The summed E-state index contributed by atoms with van der Waals surface area (Å²) in [4.78, 5) is 12.2. The lowest BCUT2D eigenvalue weighted by molar-refractivity contribution is -0.0000216. The summed E-state index contributed by atoms with van der Waals surface area (Å²) in [6.07, 6.45) is 0.585. The lowest BCUT2D eigenvalue weighted by Crippen LogP contribution is -3.00. The molecule has 162 valence electrons. The first-order valence-electron chi connectivity index (χ1n) is 10.1. The average molecular weight is 463 g/mol. The number of carbonyl (C=O) groups excluding carboxylic acids is 1. The van der Waals surface area contributed by atoms with E-state index in [1.165, 1.54) is 23.0 Å². The van der Waals surface area contributed by atoms with Crippen molar-refractivity contribution in [3.8, 4) is 5.75 Å². The van der Waals surface area contributed by atoms with Crippen molar-refractivity contribution >= 4 is 29.1 Å². The molecule has 0 fully saturated rings. The number of methoxy groups -OCH3 is 1. The highest BCUT2D eigenvalue weighted by atomic mass is 35.5. The Morgan fingerprint density at radius 1 is 0.750 bits per heavy atom. The minimum Gasteiger partial charge on any atom is -1.00 e. The number of hydrogen-bond donors (Lipinski definition) is 1. The van der Waals surface area contributed by atoms with Crippen molar-refractivity contribution in [1.29, 1.82) is 0 Å². The van der Waals surface area contributed by atoms with Crippen LogP contribution in [0.3, 0.4) is 0 Å². The Labute approximate surface area is 195 Å². The maximum absolute atomic E-state index is 12.2. The van der Waals surface area contributed by atoms with Crippen molar-refractivity contribution in [3.05, 3.63) is 120 Å². The quantitative estimate of drug-likeness (QED) is 0.350. The van der Waals surface area contributed by atoms with Crippen LogP contribution in [0.5, 0.6) is 5.75 Å². The summed E-state index contributed by atoms with van der Waals surface area (Å²) in [5.41, 5.74) is 1.16. The fraction of sp³-hybridized carbons (Fsp3) is 0.0741. The number of phenols is 1. The molecule has 4 aromatic carbocycles. The first kappa shape index (κ1) is 23.5. The van der Waals surface area contributed by atoms with Crippen LogP contribution in [0.2, 0.25) is 0 Å². The Balaban J connectivity index is 0.00000289. The number of ether oxygens (including phenoxy) is 1.